The molecule has 0 saturated carbocycles. The van der Waals surface area contributed by atoms with Crippen molar-refractivity contribution in [3.05, 3.63) is 134 Å². The lowest BCUT2D eigenvalue weighted by molar-refractivity contribution is 0.669. The Bertz CT molecular complexity index is 2080. The van der Waals surface area contributed by atoms with Crippen molar-refractivity contribution in [2.75, 3.05) is 0 Å². The molecule has 0 aliphatic carbocycles. The summed E-state index contributed by atoms with van der Waals surface area (Å²) >= 11 is 0. The number of benzene rings is 5. The number of fused-ring (bicyclic) bond motifs is 6. The minimum atomic E-state index is 0.826. The Kier molecular flexibility index (Phi) is 4.52. The molecule has 0 unspecified atom stereocenters. The van der Waals surface area contributed by atoms with Crippen LogP contribution in [-0.4, -0.2) is 9.55 Å². The number of nitrogens with zero attached hydrogens (tertiary/aromatic N) is 2. The molecule has 8 aromatic rings. The van der Waals surface area contributed by atoms with Gasteiger partial charge in [0.2, 0.25) is 0 Å². The van der Waals surface area contributed by atoms with Crippen LogP contribution in [0.25, 0.3) is 71.8 Å². The Balaban J connectivity index is 1.22. The third-order valence-corrected chi connectivity index (χ3v) is 7.47. The number of furan rings is 1. The average Bonchev–Trinajstić information content (AvgIpc) is 3.53. The van der Waals surface area contributed by atoms with Gasteiger partial charge in [0.1, 0.15) is 11.1 Å². The zero-order chi connectivity index (χ0) is 25.1. The van der Waals surface area contributed by atoms with E-state index in [1.807, 2.05) is 30.5 Å². The van der Waals surface area contributed by atoms with Crippen LogP contribution in [0, 0.1) is 0 Å². The number of hydrogen-bond donors (Lipinski definition) is 0. The fraction of sp³-hybridized carbons (Fsp3) is 0. The van der Waals surface area contributed by atoms with Gasteiger partial charge in [0.05, 0.1) is 11.0 Å². The Morgan fingerprint density at radius 1 is 0.526 bits per heavy atom. The Morgan fingerprint density at radius 3 is 1.95 bits per heavy atom. The van der Waals surface area contributed by atoms with Crippen molar-refractivity contribution in [3.8, 4) is 27.9 Å². The highest BCUT2D eigenvalue weighted by atomic mass is 16.3. The maximum Gasteiger partial charge on any atom is 0.161 e. The summed E-state index contributed by atoms with van der Waals surface area (Å²) in [5, 5.41) is 3.59. The van der Waals surface area contributed by atoms with E-state index in [0.717, 1.165) is 44.4 Å². The van der Waals surface area contributed by atoms with Crippen molar-refractivity contribution in [3.63, 3.8) is 0 Å². The van der Waals surface area contributed by atoms with Crippen molar-refractivity contribution >= 4 is 43.9 Å². The lowest BCUT2D eigenvalue weighted by Crippen LogP contribution is -1.93. The van der Waals surface area contributed by atoms with E-state index in [2.05, 4.69) is 113 Å². The van der Waals surface area contributed by atoms with E-state index in [1.165, 1.54) is 27.4 Å². The zero-order valence-electron chi connectivity index (χ0n) is 20.5. The SMILES string of the molecule is c1cc(-c2ccc(-n3c4ccccc4c4ccccc43)cc2)cc(-c2ccnc3c2oc2ccccc23)c1. The summed E-state index contributed by atoms with van der Waals surface area (Å²) in [7, 11) is 0. The molecule has 0 radical (unpaired) electrons. The normalized spacial score (nSPS) is 11.7. The standard InChI is InChI=1S/C35H22N2O/c1-4-13-31-28(10-1)29-11-2-5-14-32(29)37(31)26-18-16-23(17-19-26)24-8-7-9-25(22-24)27-20-21-36-34-30-12-3-6-15-33(30)38-35(27)34/h1-22H. The van der Waals surface area contributed by atoms with Gasteiger partial charge in [0.15, 0.2) is 5.58 Å². The first-order valence-electron chi connectivity index (χ1n) is 12.8. The van der Waals surface area contributed by atoms with Crippen molar-refractivity contribution < 1.29 is 4.42 Å². The summed E-state index contributed by atoms with van der Waals surface area (Å²) < 4.78 is 8.59. The summed E-state index contributed by atoms with van der Waals surface area (Å²) in [5.74, 6) is 0. The third kappa shape index (κ3) is 3.12. The van der Waals surface area contributed by atoms with E-state index in [-0.39, 0.29) is 0 Å². The van der Waals surface area contributed by atoms with E-state index < -0.39 is 0 Å². The van der Waals surface area contributed by atoms with Crippen LogP contribution < -0.4 is 0 Å². The van der Waals surface area contributed by atoms with Crippen LogP contribution in [-0.2, 0) is 0 Å². The summed E-state index contributed by atoms with van der Waals surface area (Å²) in [4.78, 5) is 4.62. The molecular weight excluding hydrogens is 464 g/mol. The summed E-state index contributed by atoms with van der Waals surface area (Å²) in [6.45, 7) is 0. The van der Waals surface area contributed by atoms with E-state index in [4.69, 9.17) is 4.42 Å². The van der Waals surface area contributed by atoms with Crippen molar-refractivity contribution in [1.82, 2.24) is 9.55 Å². The van der Waals surface area contributed by atoms with Gasteiger partial charge in [0.25, 0.3) is 0 Å². The molecule has 0 N–H and O–H groups in total. The molecule has 8 rings (SSSR count). The van der Waals surface area contributed by atoms with Crippen LogP contribution in [0.2, 0.25) is 0 Å². The molecule has 3 heteroatoms. The van der Waals surface area contributed by atoms with Gasteiger partial charge in [-0.15, -0.1) is 0 Å². The molecule has 0 aliphatic rings. The maximum absolute atomic E-state index is 6.25. The molecule has 38 heavy (non-hydrogen) atoms. The zero-order valence-corrected chi connectivity index (χ0v) is 20.5. The molecular formula is C35H22N2O. The first kappa shape index (κ1) is 21.0. The van der Waals surface area contributed by atoms with Crippen LogP contribution in [0.15, 0.2) is 138 Å². The topological polar surface area (TPSA) is 31.0 Å². The second-order valence-electron chi connectivity index (χ2n) is 9.63. The molecule has 3 aromatic heterocycles. The Morgan fingerprint density at radius 2 is 1.18 bits per heavy atom. The van der Waals surface area contributed by atoms with E-state index in [9.17, 15) is 0 Å². The molecule has 178 valence electrons. The first-order chi connectivity index (χ1) is 18.8. The molecule has 0 fully saturated rings. The number of para-hydroxylation sites is 3. The largest absolute Gasteiger partial charge is 0.454 e. The highest BCUT2D eigenvalue weighted by Gasteiger charge is 2.14. The van der Waals surface area contributed by atoms with E-state index >= 15 is 0 Å². The fourth-order valence-corrected chi connectivity index (χ4v) is 5.70. The maximum atomic E-state index is 6.25. The lowest BCUT2D eigenvalue weighted by atomic mass is 9.99. The van der Waals surface area contributed by atoms with Gasteiger partial charge >= 0.3 is 0 Å². The quantitative estimate of drug-likeness (QED) is 0.249. The lowest BCUT2D eigenvalue weighted by Gasteiger charge is -2.10. The van der Waals surface area contributed by atoms with Gasteiger partial charge in [-0.05, 0) is 65.2 Å². The number of aromatic nitrogens is 2. The van der Waals surface area contributed by atoms with Crippen LogP contribution in [0.1, 0.15) is 0 Å². The second kappa shape index (κ2) is 8.19. The number of rotatable bonds is 3. The van der Waals surface area contributed by atoms with Gasteiger partial charge in [-0.3, -0.25) is 4.98 Å². The second-order valence-corrected chi connectivity index (χ2v) is 9.63. The first-order valence-corrected chi connectivity index (χ1v) is 12.8. The van der Waals surface area contributed by atoms with E-state index in [0.29, 0.717) is 0 Å². The van der Waals surface area contributed by atoms with Crippen LogP contribution in [0.3, 0.4) is 0 Å². The van der Waals surface area contributed by atoms with Gasteiger partial charge < -0.3 is 8.98 Å². The van der Waals surface area contributed by atoms with E-state index in [1.54, 1.807) is 0 Å². The highest BCUT2D eigenvalue weighted by Crippen LogP contribution is 2.36. The van der Waals surface area contributed by atoms with Gasteiger partial charge in [-0.25, -0.2) is 0 Å². The molecule has 0 aliphatic heterocycles. The average molecular weight is 487 g/mol. The number of hydrogen-bond acceptors (Lipinski definition) is 2. The highest BCUT2D eigenvalue weighted by molar-refractivity contribution is 6.09. The molecule has 5 aromatic carbocycles. The monoisotopic (exact) mass is 486 g/mol. The van der Waals surface area contributed by atoms with Crippen LogP contribution in [0.5, 0.6) is 0 Å². The predicted molar refractivity (Wildman–Crippen MR) is 157 cm³/mol. The minimum Gasteiger partial charge on any atom is -0.454 e. The minimum absolute atomic E-state index is 0.826. The van der Waals surface area contributed by atoms with Gasteiger partial charge in [0, 0.05) is 33.6 Å². The molecule has 0 bridgehead atoms. The summed E-state index contributed by atoms with van der Waals surface area (Å²) in [6.07, 6.45) is 1.87. The van der Waals surface area contributed by atoms with Gasteiger partial charge in [-0.2, -0.15) is 0 Å². The molecule has 0 amide bonds. The Labute approximate surface area is 219 Å². The van der Waals surface area contributed by atoms with Crippen molar-refractivity contribution in [1.29, 1.82) is 0 Å². The summed E-state index contributed by atoms with van der Waals surface area (Å²) in [6, 6.07) is 44.8. The molecule has 3 heterocycles. The van der Waals surface area contributed by atoms with Gasteiger partial charge in [-0.1, -0.05) is 78.9 Å². The molecule has 0 atom stereocenters. The summed E-state index contributed by atoms with van der Waals surface area (Å²) in [5.41, 5.74) is 10.7. The smallest absolute Gasteiger partial charge is 0.161 e. The van der Waals surface area contributed by atoms with Crippen LogP contribution in [0.4, 0.5) is 0 Å². The van der Waals surface area contributed by atoms with Crippen LogP contribution >= 0.6 is 0 Å². The predicted octanol–water partition coefficient (Wildman–Crippen LogP) is 9.41. The molecule has 0 saturated heterocycles. The van der Waals surface area contributed by atoms with Crippen molar-refractivity contribution in [2.24, 2.45) is 0 Å². The number of pyridine rings is 1. The van der Waals surface area contributed by atoms with Crippen molar-refractivity contribution in [2.45, 2.75) is 0 Å². The molecule has 3 nitrogen and oxygen atoms in total. The third-order valence-electron chi connectivity index (χ3n) is 7.47. The fourth-order valence-electron chi connectivity index (χ4n) is 5.70. The molecule has 0 spiro atoms. The Hall–Kier alpha value is -5.15.